The van der Waals surface area contributed by atoms with Gasteiger partial charge >= 0.3 is 0 Å². The first-order chi connectivity index (χ1) is 9.02. The fraction of sp³-hybridized carbons (Fsp3) is 0.294. The minimum Gasteiger partial charge on any atom is -0.309 e. The number of benzene rings is 2. The van der Waals surface area contributed by atoms with E-state index in [4.69, 9.17) is 0 Å². The highest BCUT2D eigenvalue weighted by atomic mass is 79.9. The van der Waals surface area contributed by atoms with Gasteiger partial charge in [-0.3, -0.25) is 0 Å². The molecule has 2 aromatic rings. The molecule has 0 fully saturated rings. The minimum absolute atomic E-state index is 0.242. The molecule has 100 valence electrons. The van der Waals surface area contributed by atoms with Crippen LogP contribution in [0.15, 0.2) is 40.9 Å². The van der Waals surface area contributed by atoms with E-state index in [1.165, 1.54) is 32.3 Å². The lowest BCUT2D eigenvalue weighted by Gasteiger charge is -2.19. The van der Waals surface area contributed by atoms with Crippen molar-refractivity contribution in [3.05, 3.63) is 68.7 Å². The molecule has 19 heavy (non-hydrogen) atoms. The topological polar surface area (TPSA) is 12.0 Å². The molecule has 0 aliphatic heterocycles. The first kappa shape index (κ1) is 14.3. The maximum Gasteiger partial charge on any atom is 0.0574 e. The summed E-state index contributed by atoms with van der Waals surface area (Å²) in [5, 5.41) is 3.41. The Kier molecular flexibility index (Phi) is 4.43. The van der Waals surface area contributed by atoms with E-state index in [-0.39, 0.29) is 6.04 Å². The molecule has 2 aromatic carbocycles. The Morgan fingerprint density at radius 3 is 1.89 bits per heavy atom. The number of nitrogens with one attached hydrogen (secondary N) is 1. The van der Waals surface area contributed by atoms with E-state index in [1.54, 1.807) is 0 Å². The Morgan fingerprint density at radius 2 is 1.42 bits per heavy atom. The van der Waals surface area contributed by atoms with Gasteiger partial charge in [0.2, 0.25) is 0 Å². The van der Waals surface area contributed by atoms with Crippen molar-refractivity contribution in [2.45, 2.75) is 26.8 Å². The number of halogens is 1. The molecule has 2 rings (SSSR count). The van der Waals surface area contributed by atoms with Crippen molar-refractivity contribution < 1.29 is 0 Å². The van der Waals surface area contributed by atoms with Gasteiger partial charge in [0.1, 0.15) is 0 Å². The molecule has 1 unspecified atom stereocenters. The highest BCUT2D eigenvalue weighted by Crippen LogP contribution is 2.28. The van der Waals surface area contributed by atoms with Gasteiger partial charge in [-0.1, -0.05) is 57.9 Å². The summed E-state index contributed by atoms with van der Waals surface area (Å²) < 4.78 is 1.20. The summed E-state index contributed by atoms with van der Waals surface area (Å²) in [5.74, 6) is 0. The van der Waals surface area contributed by atoms with Crippen molar-refractivity contribution in [1.29, 1.82) is 0 Å². The van der Waals surface area contributed by atoms with Gasteiger partial charge in [-0.15, -0.1) is 0 Å². The third kappa shape index (κ3) is 3.07. The quantitative estimate of drug-likeness (QED) is 0.866. The van der Waals surface area contributed by atoms with E-state index < -0.39 is 0 Å². The fourth-order valence-corrected chi connectivity index (χ4v) is 2.66. The van der Waals surface area contributed by atoms with Gasteiger partial charge in [-0.2, -0.15) is 0 Å². The van der Waals surface area contributed by atoms with Crippen LogP contribution >= 0.6 is 15.9 Å². The molecule has 1 N–H and O–H groups in total. The first-order valence-corrected chi connectivity index (χ1v) is 7.32. The normalized spacial score (nSPS) is 12.5. The minimum atomic E-state index is 0.242. The Labute approximate surface area is 124 Å². The van der Waals surface area contributed by atoms with Gasteiger partial charge in [-0.25, -0.2) is 0 Å². The van der Waals surface area contributed by atoms with Crippen LogP contribution in [0, 0.1) is 20.8 Å². The van der Waals surface area contributed by atoms with E-state index >= 15 is 0 Å². The maximum atomic E-state index is 3.63. The van der Waals surface area contributed by atoms with Crippen molar-refractivity contribution in [3.8, 4) is 0 Å². The molecule has 0 bridgehead atoms. The monoisotopic (exact) mass is 317 g/mol. The first-order valence-electron chi connectivity index (χ1n) is 6.53. The SMILES string of the molecule is CNC(c1ccc(C)cc1)c1cc(C)c(Br)c(C)c1. The third-order valence-electron chi connectivity index (χ3n) is 3.49. The summed E-state index contributed by atoms with van der Waals surface area (Å²) in [6, 6.07) is 13.5. The van der Waals surface area contributed by atoms with E-state index in [9.17, 15) is 0 Å². The van der Waals surface area contributed by atoms with Crippen LogP contribution in [0.5, 0.6) is 0 Å². The van der Waals surface area contributed by atoms with Crippen LogP contribution in [-0.2, 0) is 0 Å². The summed E-state index contributed by atoms with van der Waals surface area (Å²) in [5.41, 5.74) is 6.46. The molecule has 0 heterocycles. The highest BCUT2D eigenvalue weighted by molar-refractivity contribution is 9.10. The molecule has 1 atom stereocenters. The molecular weight excluding hydrogens is 298 g/mol. The summed E-state index contributed by atoms with van der Waals surface area (Å²) >= 11 is 3.63. The molecule has 2 heteroatoms. The van der Waals surface area contributed by atoms with Gasteiger partial charge in [-0.05, 0) is 50.1 Å². The lowest BCUT2D eigenvalue weighted by atomic mass is 9.95. The molecule has 0 saturated heterocycles. The van der Waals surface area contributed by atoms with E-state index in [0.717, 1.165) is 0 Å². The maximum absolute atomic E-state index is 3.63. The van der Waals surface area contributed by atoms with E-state index in [0.29, 0.717) is 0 Å². The molecule has 1 nitrogen and oxygen atoms in total. The second kappa shape index (κ2) is 5.89. The molecule has 0 aromatic heterocycles. The number of hydrogen-bond donors (Lipinski definition) is 1. The Bertz CT molecular complexity index is 549. The zero-order chi connectivity index (χ0) is 14.0. The van der Waals surface area contributed by atoms with Crippen LogP contribution in [-0.4, -0.2) is 7.05 Å². The van der Waals surface area contributed by atoms with E-state index in [1.807, 2.05) is 7.05 Å². The van der Waals surface area contributed by atoms with Gasteiger partial charge in [0.25, 0.3) is 0 Å². The molecule has 0 amide bonds. The van der Waals surface area contributed by atoms with Crippen LogP contribution in [0.4, 0.5) is 0 Å². The van der Waals surface area contributed by atoms with Crippen molar-refractivity contribution in [1.82, 2.24) is 5.32 Å². The summed E-state index contributed by atoms with van der Waals surface area (Å²) in [6.45, 7) is 6.40. The smallest absolute Gasteiger partial charge is 0.0574 e. The summed E-state index contributed by atoms with van der Waals surface area (Å²) in [4.78, 5) is 0. The molecule has 0 radical (unpaired) electrons. The van der Waals surface area contributed by atoms with Gasteiger partial charge < -0.3 is 5.32 Å². The number of aryl methyl sites for hydroxylation is 3. The Balaban J connectivity index is 2.45. The Hall–Kier alpha value is -1.12. The van der Waals surface area contributed by atoms with Crippen molar-refractivity contribution in [2.75, 3.05) is 7.05 Å². The molecule has 0 spiro atoms. The van der Waals surface area contributed by atoms with Crippen molar-refractivity contribution in [2.24, 2.45) is 0 Å². The second-order valence-electron chi connectivity index (χ2n) is 5.10. The average Bonchev–Trinajstić information content (AvgIpc) is 2.39. The third-order valence-corrected chi connectivity index (χ3v) is 4.74. The number of hydrogen-bond acceptors (Lipinski definition) is 1. The largest absolute Gasteiger partial charge is 0.309 e. The molecule has 0 saturated carbocycles. The van der Waals surface area contributed by atoms with Crippen LogP contribution in [0.1, 0.15) is 33.9 Å². The lowest BCUT2D eigenvalue weighted by molar-refractivity contribution is 0.690. The van der Waals surface area contributed by atoms with Gasteiger partial charge in [0, 0.05) is 4.47 Å². The van der Waals surface area contributed by atoms with Crippen LogP contribution in [0.3, 0.4) is 0 Å². The zero-order valence-corrected chi connectivity index (χ0v) is 13.5. The summed E-state index contributed by atoms with van der Waals surface area (Å²) in [7, 11) is 2.01. The van der Waals surface area contributed by atoms with E-state index in [2.05, 4.69) is 78.4 Å². The molecule has 0 aliphatic rings. The van der Waals surface area contributed by atoms with Crippen LogP contribution < -0.4 is 5.32 Å². The number of rotatable bonds is 3. The van der Waals surface area contributed by atoms with Crippen LogP contribution in [0.25, 0.3) is 0 Å². The molecule has 0 aliphatic carbocycles. The molecular formula is C17H20BrN. The van der Waals surface area contributed by atoms with Crippen LogP contribution in [0.2, 0.25) is 0 Å². The van der Waals surface area contributed by atoms with Crippen molar-refractivity contribution in [3.63, 3.8) is 0 Å². The summed E-state index contributed by atoms with van der Waals surface area (Å²) in [6.07, 6.45) is 0. The predicted octanol–water partition coefficient (Wildman–Crippen LogP) is 4.68. The van der Waals surface area contributed by atoms with Gasteiger partial charge in [0.05, 0.1) is 6.04 Å². The average molecular weight is 318 g/mol. The lowest BCUT2D eigenvalue weighted by Crippen LogP contribution is -2.18. The predicted molar refractivity (Wildman–Crippen MR) is 85.7 cm³/mol. The fourth-order valence-electron chi connectivity index (χ4n) is 2.43. The highest BCUT2D eigenvalue weighted by Gasteiger charge is 2.13. The standard InChI is InChI=1S/C17H20BrN/c1-11-5-7-14(8-6-11)17(19-4)15-9-12(2)16(18)13(3)10-15/h5-10,17,19H,1-4H3. The van der Waals surface area contributed by atoms with Crippen molar-refractivity contribution >= 4 is 15.9 Å². The Morgan fingerprint density at radius 1 is 0.895 bits per heavy atom. The second-order valence-corrected chi connectivity index (χ2v) is 5.89. The zero-order valence-electron chi connectivity index (χ0n) is 11.9. The van der Waals surface area contributed by atoms with Gasteiger partial charge in [0.15, 0.2) is 0 Å².